The van der Waals surface area contributed by atoms with Gasteiger partial charge in [0.1, 0.15) is 17.2 Å². The van der Waals surface area contributed by atoms with Crippen LogP contribution in [-0.2, 0) is 0 Å². The normalized spacial score (nSPS) is 10.2. The number of amides is 2. The number of benzene rings is 2. The van der Waals surface area contributed by atoms with E-state index in [2.05, 4.69) is 18.1 Å². The van der Waals surface area contributed by atoms with Crippen LogP contribution in [0, 0.1) is 6.92 Å². The highest BCUT2D eigenvalue weighted by atomic mass is 35.5. The molecule has 0 aliphatic rings. The van der Waals surface area contributed by atoms with Gasteiger partial charge in [0.15, 0.2) is 0 Å². The van der Waals surface area contributed by atoms with Crippen LogP contribution in [0.15, 0.2) is 30.3 Å². The average molecular weight is 387 g/mol. The zero-order valence-electron chi connectivity index (χ0n) is 13.3. The maximum Gasteiger partial charge on any atom is 0.336 e. The summed E-state index contributed by atoms with van der Waals surface area (Å²) in [5.74, 6) is 0.827. The van der Waals surface area contributed by atoms with Crippen LogP contribution >= 0.6 is 36.0 Å². The van der Waals surface area contributed by atoms with E-state index in [0.717, 1.165) is 9.87 Å². The van der Waals surface area contributed by atoms with E-state index in [9.17, 15) is 4.79 Å². The molecule has 0 spiro atoms. The lowest BCUT2D eigenvalue weighted by Crippen LogP contribution is -2.27. The third-order valence-electron chi connectivity index (χ3n) is 3.30. The smallest absolute Gasteiger partial charge is 0.336 e. The van der Waals surface area contributed by atoms with Gasteiger partial charge in [0, 0.05) is 16.8 Å². The zero-order chi connectivity index (χ0) is 17.9. The molecule has 24 heavy (non-hydrogen) atoms. The van der Waals surface area contributed by atoms with Crippen molar-refractivity contribution in [2.45, 2.75) is 6.92 Å². The molecule has 0 aromatic heterocycles. The number of aryl methyl sites for hydroxylation is 1. The predicted octanol–water partition coefficient (Wildman–Crippen LogP) is 5.20. The van der Waals surface area contributed by atoms with Crippen molar-refractivity contribution in [1.29, 1.82) is 0 Å². The number of hydrogen-bond acceptors (Lipinski definition) is 4. The molecule has 2 rings (SSSR count). The Balaban J connectivity index is 2.27. The number of nitrogens with one attached hydrogen (secondary N) is 1. The van der Waals surface area contributed by atoms with Gasteiger partial charge in [-0.2, -0.15) is 0 Å². The third kappa shape index (κ3) is 4.01. The second-order valence-corrected chi connectivity index (χ2v) is 6.08. The summed E-state index contributed by atoms with van der Waals surface area (Å²) in [6, 6.07) is 7.85. The first-order valence-electron chi connectivity index (χ1n) is 6.85. The third-order valence-corrected chi connectivity index (χ3v) is 4.40. The molecule has 0 saturated carbocycles. The van der Waals surface area contributed by atoms with Crippen LogP contribution < -0.4 is 19.1 Å². The second-order valence-electron chi connectivity index (χ2n) is 4.86. The minimum absolute atomic E-state index is 0.332. The summed E-state index contributed by atoms with van der Waals surface area (Å²) >= 11 is 16.4. The number of nitrogens with zero attached hydrogens (tertiary/aromatic N) is 1. The minimum Gasteiger partial charge on any atom is -0.495 e. The Labute approximate surface area is 156 Å². The second kappa shape index (κ2) is 7.88. The summed E-state index contributed by atoms with van der Waals surface area (Å²) in [5.41, 5.74) is 1.84. The lowest BCUT2D eigenvalue weighted by Gasteiger charge is -2.20. The van der Waals surface area contributed by atoms with Gasteiger partial charge in [-0.3, -0.25) is 0 Å². The molecule has 5 nitrogen and oxygen atoms in total. The molecule has 0 fully saturated rings. The summed E-state index contributed by atoms with van der Waals surface area (Å²) in [6.07, 6.45) is 0. The summed E-state index contributed by atoms with van der Waals surface area (Å²) < 4.78 is 11.5. The van der Waals surface area contributed by atoms with Crippen LogP contribution in [-0.4, -0.2) is 20.3 Å². The first-order valence-corrected chi connectivity index (χ1v) is 8.00. The monoisotopic (exact) mass is 386 g/mol. The number of halogens is 2. The fourth-order valence-electron chi connectivity index (χ4n) is 1.97. The van der Waals surface area contributed by atoms with Gasteiger partial charge in [0.2, 0.25) is 0 Å². The van der Waals surface area contributed by atoms with Crippen molar-refractivity contribution < 1.29 is 14.3 Å². The van der Waals surface area contributed by atoms with Crippen LogP contribution in [0.3, 0.4) is 0 Å². The fraction of sp³-hybridized carbons (Fsp3) is 0.188. The van der Waals surface area contributed by atoms with Crippen LogP contribution in [0.4, 0.5) is 16.2 Å². The summed E-state index contributed by atoms with van der Waals surface area (Å²) in [6.45, 7) is 1.88. The topological polar surface area (TPSA) is 50.8 Å². The van der Waals surface area contributed by atoms with E-state index in [1.807, 2.05) is 13.0 Å². The summed E-state index contributed by atoms with van der Waals surface area (Å²) in [7, 11) is 2.97. The Morgan fingerprint density at radius 2 is 1.75 bits per heavy atom. The molecule has 128 valence electrons. The van der Waals surface area contributed by atoms with Gasteiger partial charge in [0.25, 0.3) is 0 Å². The van der Waals surface area contributed by atoms with Crippen molar-refractivity contribution >= 4 is 53.4 Å². The van der Waals surface area contributed by atoms with Gasteiger partial charge < -0.3 is 14.8 Å². The van der Waals surface area contributed by atoms with E-state index in [1.54, 1.807) is 18.2 Å². The van der Waals surface area contributed by atoms with Crippen LogP contribution in [0.5, 0.6) is 11.5 Å². The molecular weight excluding hydrogens is 371 g/mol. The largest absolute Gasteiger partial charge is 0.495 e. The minimum atomic E-state index is -0.488. The van der Waals surface area contributed by atoms with Gasteiger partial charge in [-0.1, -0.05) is 42.1 Å². The molecule has 1 N–H and O–H groups in total. The average Bonchev–Trinajstić information content (AvgIpc) is 2.57. The lowest BCUT2D eigenvalue weighted by atomic mass is 10.2. The highest BCUT2D eigenvalue weighted by Crippen LogP contribution is 2.39. The van der Waals surface area contributed by atoms with E-state index in [0.29, 0.717) is 32.9 Å². The van der Waals surface area contributed by atoms with Crippen molar-refractivity contribution in [1.82, 2.24) is 0 Å². The molecule has 0 heterocycles. The van der Waals surface area contributed by atoms with E-state index in [4.69, 9.17) is 32.7 Å². The molecule has 0 unspecified atom stereocenters. The molecule has 0 radical (unpaired) electrons. The number of hydrogen-bond donors (Lipinski definition) is 2. The Morgan fingerprint density at radius 3 is 2.33 bits per heavy atom. The summed E-state index contributed by atoms with van der Waals surface area (Å²) in [4.78, 5) is 12.4. The van der Waals surface area contributed by atoms with Gasteiger partial charge in [-0.15, -0.1) is 0 Å². The highest BCUT2D eigenvalue weighted by Gasteiger charge is 2.19. The number of ether oxygens (including phenoxy) is 2. The van der Waals surface area contributed by atoms with Gasteiger partial charge >= 0.3 is 6.03 Å². The Kier molecular flexibility index (Phi) is 6.10. The number of rotatable bonds is 4. The number of anilines is 2. The number of methoxy groups -OCH3 is 2. The van der Waals surface area contributed by atoms with Gasteiger partial charge in [-0.25, -0.2) is 9.10 Å². The molecule has 8 heteroatoms. The molecule has 2 amide bonds. The molecule has 0 bridgehead atoms. The van der Waals surface area contributed by atoms with Gasteiger partial charge in [0.05, 0.1) is 19.2 Å². The molecule has 2 aromatic carbocycles. The number of thiol groups is 1. The van der Waals surface area contributed by atoms with Crippen LogP contribution in [0.2, 0.25) is 10.0 Å². The first-order chi connectivity index (χ1) is 11.4. The Morgan fingerprint density at radius 1 is 1.08 bits per heavy atom. The number of carbonyl (C=O) groups is 1. The van der Waals surface area contributed by atoms with Crippen molar-refractivity contribution in [3.05, 3.63) is 45.9 Å². The van der Waals surface area contributed by atoms with E-state index in [-0.39, 0.29) is 0 Å². The predicted molar refractivity (Wildman–Crippen MR) is 101 cm³/mol. The standard InChI is InChI=1S/C16H16Cl2N2O3S/c1-9-4-5-10(6-11(9)17)19-16(21)20(24)13-7-12(18)14(22-2)8-15(13)23-3/h4-8,24H,1-3H3,(H,19,21). The quantitative estimate of drug-likeness (QED) is 0.709. The first kappa shape index (κ1) is 18.6. The Hall–Kier alpha value is -1.76. The summed E-state index contributed by atoms with van der Waals surface area (Å²) in [5, 5.41) is 3.59. The van der Waals surface area contributed by atoms with E-state index in [1.165, 1.54) is 20.3 Å². The molecule has 2 aromatic rings. The lowest BCUT2D eigenvalue weighted by molar-refractivity contribution is 0.260. The van der Waals surface area contributed by atoms with Crippen molar-refractivity contribution in [2.75, 3.05) is 23.8 Å². The Bertz CT molecular complexity index is 771. The van der Waals surface area contributed by atoms with Gasteiger partial charge in [-0.05, 0) is 30.7 Å². The van der Waals surface area contributed by atoms with Crippen LogP contribution in [0.1, 0.15) is 5.56 Å². The number of urea groups is 1. The number of carbonyl (C=O) groups excluding carboxylic acids is 1. The van der Waals surface area contributed by atoms with E-state index < -0.39 is 6.03 Å². The van der Waals surface area contributed by atoms with Crippen molar-refractivity contribution in [3.8, 4) is 11.5 Å². The maximum atomic E-state index is 12.4. The maximum absolute atomic E-state index is 12.4. The zero-order valence-corrected chi connectivity index (χ0v) is 15.7. The molecular formula is C16H16Cl2N2O3S. The SMILES string of the molecule is COc1cc(OC)c(N(S)C(=O)Nc2ccc(C)c(Cl)c2)cc1Cl. The van der Waals surface area contributed by atoms with E-state index >= 15 is 0 Å². The van der Waals surface area contributed by atoms with Crippen molar-refractivity contribution in [3.63, 3.8) is 0 Å². The fourth-order valence-corrected chi connectivity index (χ4v) is 2.59. The van der Waals surface area contributed by atoms with Crippen molar-refractivity contribution in [2.24, 2.45) is 0 Å². The molecule has 0 aliphatic heterocycles. The highest BCUT2D eigenvalue weighted by molar-refractivity contribution is 7.82. The van der Waals surface area contributed by atoms with Crippen LogP contribution in [0.25, 0.3) is 0 Å². The molecule has 0 aliphatic carbocycles. The molecule has 0 atom stereocenters. The molecule has 0 saturated heterocycles.